The van der Waals surface area contributed by atoms with E-state index in [1.54, 1.807) is 6.07 Å². The van der Waals surface area contributed by atoms with Gasteiger partial charge in [-0.2, -0.15) is 0 Å². The SMILES string of the molecule is Cc1[nH]c2c(c1C(=O)N1CCC(N3CCCCC3)CC1)CCC/C2=C1/C(=O)Nc2ccc(F)cc21. The second kappa shape index (κ2) is 8.94. The fraction of sp³-hybridized carbons (Fsp3) is 0.500. The molecule has 3 aliphatic heterocycles. The molecule has 35 heavy (non-hydrogen) atoms. The van der Waals surface area contributed by atoms with Gasteiger partial charge in [-0.3, -0.25) is 9.59 Å². The third kappa shape index (κ3) is 3.90. The van der Waals surface area contributed by atoms with Gasteiger partial charge in [0.1, 0.15) is 5.82 Å². The number of nitrogens with zero attached hydrogens (tertiary/aromatic N) is 2. The zero-order chi connectivity index (χ0) is 24.1. The van der Waals surface area contributed by atoms with Crippen LogP contribution in [0.2, 0.25) is 0 Å². The smallest absolute Gasteiger partial charge is 0.256 e. The lowest BCUT2D eigenvalue weighted by Gasteiger charge is -2.40. The molecule has 2 aromatic rings. The van der Waals surface area contributed by atoms with Crippen LogP contribution in [0.4, 0.5) is 10.1 Å². The minimum Gasteiger partial charge on any atom is -0.358 e. The van der Waals surface area contributed by atoms with Crippen LogP contribution in [0.3, 0.4) is 0 Å². The molecular weight excluding hydrogens is 443 g/mol. The highest BCUT2D eigenvalue weighted by Gasteiger charge is 2.35. The van der Waals surface area contributed by atoms with Gasteiger partial charge in [-0.1, -0.05) is 6.42 Å². The van der Waals surface area contributed by atoms with E-state index >= 15 is 0 Å². The number of allylic oxidation sites excluding steroid dienone is 1. The second-order valence-electron chi connectivity index (χ2n) is 10.4. The fourth-order valence-electron chi connectivity index (χ4n) is 6.61. The molecule has 2 fully saturated rings. The number of carbonyl (C=O) groups is 2. The predicted octanol–water partition coefficient (Wildman–Crippen LogP) is 4.75. The van der Waals surface area contributed by atoms with Crippen LogP contribution in [-0.4, -0.2) is 58.8 Å². The summed E-state index contributed by atoms with van der Waals surface area (Å²) in [4.78, 5) is 34.7. The Morgan fingerprint density at radius 2 is 1.80 bits per heavy atom. The number of aryl methyl sites for hydroxylation is 1. The molecule has 4 aliphatic rings. The topological polar surface area (TPSA) is 68.4 Å². The van der Waals surface area contributed by atoms with Crippen molar-refractivity contribution in [2.75, 3.05) is 31.5 Å². The molecule has 2 saturated heterocycles. The molecule has 0 saturated carbocycles. The molecule has 0 spiro atoms. The van der Waals surface area contributed by atoms with Crippen molar-refractivity contribution in [1.82, 2.24) is 14.8 Å². The number of piperidine rings is 2. The Morgan fingerprint density at radius 3 is 2.57 bits per heavy atom. The maximum atomic E-state index is 14.0. The number of aromatic nitrogens is 1. The van der Waals surface area contributed by atoms with Crippen molar-refractivity contribution in [2.45, 2.75) is 64.3 Å². The zero-order valence-electron chi connectivity index (χ0n) is 20.4. The highest BCUT2D eigenvalue weighted by Crippen LogP contribution is 2.43. The Balaban J connectivity index is 1.29. The summed E-state index contributed by atoms with van der Waals surface area (Å²) < 4.78 is 14.0. The Bertz CT molecular complexity index is 1220. The van der Waals surface area contributed by atoms with Crippen molar-refractivity contribution in [3.8, 4) is 0 Å². The average molecular weight is 477 g/mol. The summed E-state index contributed by atoms with van der Waals surface area (Å²) in [7, 11) is 0. The van der Waals surface area contributed by atoms with E-state index in [4.69, 9.17) is 0 Å². The molecule has 1 aromatic heterocycles. The molecule has 7 heteroatoms. The van der Waals surface area contributed by atoms with Crippen LogP contribution in [0.25, 0.3) is 11.1 Å². The van der Waals surface area contributed by atoms with Crippen molar-refractivity contribution in [2.24, 2.45) is 0 Å². The highest BCUT2D eigenvalue weighted by atomic mass is 19.1. The van der Waals surface area contributed by atoms with Gasteiger partial charge in [0, 0.05) is 41.8 Å². The molecular formula is C28H33FN4O2. The fourth-order valence-corrected chi connectivity index (χ4v) is 6.61. The largest absolute Gasteiger partial charge is 0.358 e. The Labute approximate surface area is 205 Å². The quantitative estimate of drug-likeness (QED) is 0.615. The lowest BCUT2D eigenvalue weighted by atomic mass is 9.85. The number of halogens is 1. The minimum absolute atomic E-state index is 0.102. The standard InChI is InChI=1S/C28H33FN4O2/c1-17-24(28(35)33-14-10-19(11-15-33)32-12-3-2-4-13-32)20-6-5-7-21(26(20)30-17)25-22-16-18(29)8-9-23(22)31-27(25)34/h8-9,16,19,30H,2-7,10-15H2,1H3,(H,31,34)/b25-21-. The monoisotopic (exact) mass is 476 g/mol. The van der Waals surface area contributed by atoms with Crippen LogP contribution in [0, 0.1) is 12.7 Å². The molecule has 1 aliphatic carbocycles. The minimum atomic E-state index is -0.360. The van der Waals surface area contributed by atoms with E-state index in [1.165, 1.54) is 44.5 Å². The molecule has 6 nitrogen and oxygen atoms in total. The number of amides is 2. The molecule has 1 aromatic carbocycles. The van der Waals surface area contributed by atoms with E-state index in [9.17, 15) is 14.0 Å². The van der Waals surface area contributed by atoms with E-state index in [1.807, 2.05) is 11.8 Å². The number of likely N-dealkylation sites (tertiary alicyclic amines) is 2. The van der Waals surface area contributed by atoms with Gasteiger partial charge in [-0.05, 0) is 94.3 Å². The number of rotatable bonds is 2. The first-order chi connectivity index (χ1) is 17.0. The van der Waals surface area contributed by atoms with Crippen molar-refractivity contribution < 1.29 is 14.0 Å². The predicted molar refractivity (Wildman–Crippen MR) is 135 cm³/mol. The summed E-state index contributed by atoms with van der Waals surface area (Å²) in [5, 5.41) is 2.87. The number of benzene rings is 1. The number of H-pyrrole nitrogens is 1. The van der Waals surface area contributed by atoms with Gasteiger partial charge in [0.25, 0.3) is 11.8 Å². The van der Waals surface area contributed by atoms with Gasteiger partial charge in [-0.25, -0.2) is 4.39 Å². The number of nitrogens with one attached hydrogen (secondary N) is 2. The number of anilines is 1. The number of aromatic amines is 1. The molecule has 184 valence electrons. The average Bonchev–Trinajstić information content (AvgIpc) is 3.39. The molecule has 0 radical (unpaired) electrons. The van der Waals surface area contributed by atoms with Gasteiger partial charge < -0.3 is 20.1 Å². The summed E-state index contributed by atoms with van der Waals surface area (Å²) in [6.07, 6.45) is 8.39. The second-order valence-corrected chi connectivity index (χ2v) is 10.4. The van der Waals surface area contributed by atoms with Crippen LogP contribution in [0.15, 0.2) is 18.2 Å². The van der Waals surface area contributed by atoms with Gasteiger partial charge in [0.15, 0.2) is 0 Å². The highest BCUT2D eigenvalue weighted by molar-refractivity contribution is 6.37. The van der Waals surface area contributed by atoms with Crippen LogP contribution in [-0.2, 0) is 11.2 Å². The number of hydrogen-bond acceptors (Lipinski definition) is 3. The summed E-state index contributed by atoms with van der Waals surface area (Å²) >= 11 is 0. The van der Waals surface area contributed by atoms with Crippen molar-refractivity contribution >= 4 is 28.6 Å². The van der Waals surface area contributed by atoms with Gasteiger partial charge in [-0.15, -0.1) is 0 Å². The van der Waals surface area contributed by atoms with E-state index in [-0.39, 0.29) is 17.6 Å². The normalized spacial score (nSPS) is 23.3. The summed E-state index contributed by atoms with van der Waals surface area (Å²) in [6.45, 7) is 5.93. The number of hydrogen-bond donors (Lipinski definition) is 2. The van der Waals surface area contributed by atoms with E-state index in [0.717, 1.165) is 73.3 Å². The number of carbonyl (C=O) groups excluding carboxylic acids is 2. The van der Waals surface area contributed by atoms with Gasteiger partial charge in [0.05, 0.1) is 11.1 Å². The summed E-state index contributed by atoms with van der Waals surface area (Å²) in [6, 6.07) is 5.00. The van der Waals surface area contributed by atoms with Crippen LogP contribution in [0.5, 0.6) is 0 Å². The molecule has 0 atom stereocenters. The third-order valence-electron chi connectivity index (χ3n) is 8.35. The Hall–Kier alpha value is -2.93. The van der Waals surface area contributed by atoms with E-state index < -0.39 is 0 Å². The van der Waals surface area contributed by atoms with Crippen LogP contribution >= 0.6 is 0 Å². The summed E-state index contributed by atoms with van der Waals surface area (Å²) in [5.41, 5.74) is 6.18. The van der Waals surface area contributed by atoms with Crippen molar-refractivity contribution in [3.05, 3.63) is 52.1 Å². The van der Waals surface area contributed by atoms with Gasteiger partial charge >= 0.3 is 0 Å². The molecule has 6 rings (SSSR count). The lowest BCUT2D eigenvalue weighted by Crippen LogP contribution is -2.48. The van der Waals surface area contributed by atoms with Crippen molar-refractivity contribution in [3.63, 3.8) is 0 Å². The molecule has 0 unspecified atom stereocenters. The Morgan fingerprint density at radius 1 is 1.03 bits per heavy atom. The first-order valence-corrected chi connectivity index (χ1v) is 13.1. The lowest BCUT2D eigenvalue weighted by molar-refractivity contribution is -0.110. The van der Waals surface area contributed by atoms with Gasteiger partial charge in [0.2, 0.25) is 0 Å². The summed E-state index contributed by atoms with van der Waals surface area (Å²) in [5.74, 6) is -0.458. The molecule has 0 bridgehead atoms. The van der Waals surface area contributed by atoms with E-state index in [0.29, 0.717) is 22.9 Å². The molecule has 2 N–H and O–H groups in total. The van der Waals surface area contributed by atoms with Crippen LogP contribution < -0.4 is 5.32 Å². The van der Waals surface area contributed by atoms with E-state index in [2.05, 4.69) is 15.2 Å². The van der Waals surface area contributed by atoms with Crippen molar-refractivity contribution in [1.29, 1.82) is 0 Å². The Kier molecular flexibility index (Phi) is 5.75. The first kappa shape index (κ1) is 22.5. The number of fused-ring (bicyclic) bond motifs is 2. The zero-order valence-corrected chi connectivity index (χ0v) is 20.4. The molecule has 4 heterocycles. The first-order valence-electron chi connectivity index (χ1n) is 13.1. The maximum absolute atomic E-state index is 14.0. The molecule has 2 amide bonds. The van der Waals surface area contributed by atoms with Crippen LogP contribution in [0.1, 0.15) is 77.8 Å². The maximum Gasteiger partial charge on any atom is 0.256 e. The third-order valence-corrected chi connectivity index (χ3v) is 8.35.